The third kappa shape index (κ3) is 2.44. The summed E-state index contributed by atoms with van der Waals surface area (Å²) in [5.41, 5.74) is 0.366. The highest BCUT2D eigenvalue weighted by Gasteiger charge is 2.46. The van der Waals surface area contributed by atoms with Gasteiger partial charge in [-0.1, -0.05) is 11.8 Å². The molecule has 0 radical (unpaired) electrons. The van der Waals surface area contributed by atoms with E-state index in [1.165, 1.54) is 4.90 Å². The van der Waals surface area contributed by atoms with Crippen molar-refractivity contribution in [3.05, 3.63) is 0 Å². The van der Waals surface area contributed by atoms with Gasteiger partial charge in [0.2, 0.25) is 0 Å². The molecule has 3 atom stereocenters. The number of thioether (sulfide) groups is 1. The van der Waals surface area contributed by atoms with Crippen molar-refractivity contribution in [2.24, 2.45) is 0 Å². The second-order valence-electron chi connectivity index (χ2n) is 3.98. The topological polar surface area (TPSA) is 50.6 Å². The Balaban J connectivity index is 0.000000980. The summed E-state index contributed by atoms with van der Waals surface area (Å²) in [5.74, 6) is 0.688. The molecule has 4 nitrogen and oxygen atoms in total. The lowest BCUT2D eigenvalue weighted by atomic mass is 10.3. The summed E-state index contributed by atoms with van der Waals surface area (Å²) in [6.45, 7) is 0. The Morgan fingerprint density at radius 1 is 1.36 bits per heavy atom. The number of rotatable bonds is 1. The highest BCUT2D eigenvalue weighted by atomic mass is 79.9. The highest BCUT2D eigenvalue weighted by Crippen LogP contribution is 2.31. The van der Waals surface area contributed by atoms with Crippen molar-refractivity contribution < 1.29 is 30.3 Å². The summed E-state index contributed by atoms with van der Waals surface area (Å²) in [6.07, 6.45) is 0. The minimum atomic E-state index is -2.75. The molecular formula is C7H15BrN2O2S2. The first-order chi connectivity index (χ1) is 5.98. The summed E-state index contributed by atoms with van der Waals surface area (Å²) in [6, 6.07) is 0.190. The predicted molar refractivity (Wildman–Crippen MR) is 53.6 cm³/mol. The molecule has 0 bridgehead atoms. The van der Waals surface area contributed by atoms with Crippen LogP contribution in [0.3, 0.4) is 0 Å². The molecule has 1 unspecified atom stereocenters. The minimum Gasteiger partial charge on any atom is -1.00 e. The molecule has 0 saturated carbocycles. The quantitative estimate of drug-likeness (QED) is 0.509. The second-order valence-corrected chi connectivity index (χ2v) is 7.48. The van der Waals surface area contributed by atoms with Crippen molar-refractivity contribution in [1.29, 1.82) is 0 Å². The Labute approximate surface area is 99.5 Å². The first kappa shape index (κ1) is 12.8. The van der Waals surface area contributed by atoms with Crippen LogP contribution >= 0.6 is 11.8 Å². The Morgan fingerprint density at radius 3 is 2.50 bits per heavy atom. The van der Waals surface area contributed by atoms with E-state index in [0.29, 0.717) is 17.0 Å². The van der Waals surface area contributed by atoms with E-state index in [4.69, 9.17) is 0 Å². The van der Waals surface area contributed by atoms with Crippen LogP contribution in [0.2, 0.25) is 0 Å². The van der Waals surface area contributed by atoms with Gasteiger partial charge in [-0.2, -0.15) is 0 Å². The van der Waals surface area contributed by atoms with Crippen LogP contribution in [0.15, 0.2) is 0 Å². The molecule has 2 rings (SSSR count). The summed E-state index contributed by atoms with van der Waals surface area (Å²) >= 11 is 1.76. The van der Waals surface area contributed by atoms with Gasteiger partial charge in [0, 0.05) is 11.3 Å². The number of fused-ring (bicyclic) bond motifs is 1. The van der Waals surface area contributed by atoms with Crippen LogP contribution in [0.1, 0.15) is 0 Å². The average Bonchev–Trinajstić information content (AvgIpc) is 2.39. The van der Waals surface area contributed by atoms with Crippen molar-refractivity contribution >= 4 is 21.6 Å². The van der Waals surface area contributed by atoms with Crippen LogP contribution in [-0.4, -0.2) is 50.8 Å². The zero-order chi connectivity index (χ0) is 9.64. The van der Waals surface area contributed by atoms with Gasteiger partial charge in [-0.15, -0.1) is 0 Å². The lowest BCUT2D eigenvalue weighted by Crippen LogP contribution is -3.11. The number of hydrogen-bond acceptors (Lipinski definition) is 4. The fourth-order valence-corrected chi connectivity index (χ4v) is 5.86. The summed E-state index contributed by atoms with van der Waals surface area (Å²) < 4.78 is 22.5. The molecule has 2 fully saturated rings. The maximum atomic E-state index is 11.3. The standard InChI is InChI=1S/C7H14N2O2S2.BrH/c1-9(2)7-8-5-3-13(10,11)4-6(5)12-7;/h5-8H,3-4H2,1-2H3;1H/t5-,6+,7?;/m0./s1. The molecule has 0 aliphatic carbocycles. The Kier molecular flexibility index (Phi) is 3.91. The lowest BCUT2D eigenvalue weighted by molar-refractivity contribution is -0.872. The molecule has 0 aromatic heterocycles. The van der Waals surface area contributed by atoms with Crippen molar-refractivity contribution in [3.8, 4) is 0 Å². The fraction of sp³-hybridized carbons (Fsp3) is 1.00. The van der Waals surface area contributed by atoms with Gasteiger partial charge >= 0.3 is 0 Å². The molecule has 14 heavy (non-hydrogen) atoms. The Morgan fingerprint density at radius 2 is 2.00 bits per heavy atom. The van der Waals surface area contributed by atoms with Gasteiger partial charge in [-0.3, -0.25) is 5.32 Å². The normalized spacial score (nSPS) is 39.5. The Bertz CT molecular complexity index is 287. The van der Waals surface area contributed by atoms with E-state index in [1.54, 1.807) is 11.8 Å². The first-order valence-corrected chi connectivity index (χ1v) is 7.16. The number of quaternary nitrogens is 1. The first-order valence-electron chi connectivity index (χ1n) is 4.40. The largest absolute Gasteiger partial charge is 1.00 e. The van der Waals surface area contributed by atoms with E-state index >= 15 is 0 Å². The van der Waals surface area contributed by atoms with Gasteiger partial charge in [0.15, 0.2) is 15.3 Å². The molecule has 2 aliphatic rings. The maximum Gasteiger partial charge on any atom is 0.189 e. The number of sulfone groups is 1. The van der Waals surface area contributed by atoms with Gasteiger partial charge in [0.05, 0.1) is 25.6 Å². The van der Waals surface area contributed by atoms with Crippen LogP contribution in [0.5, 0.6) is 0 Å². The van der Waals surface area contributed by atoms with Gasteiger partial charge in [0.25, 0.3) is 0 Å². The molecule has 2 aliphatic heterocycles. The lowest BCUT2D eigenvalue weighted by Gasteiger charge is -2.16. The van der Waals surface area contributed by atoms with E-state index in [2.05, 4.69) is 19.4 Å². The van der Waals surface area contributed by atoms with Crippen molar-refractivity contribution in [1.82, 2.24) is 5.32 Å². The van der Waals surface area contributed by atoms with E-state index < -0.39 is 9.84 Å². The smallest absolute Gasteiger partial charge is 0.189 e. The molecule has 84 valence electrons. The van der Waals surface area contributed by atoms with Gasteiger partial charge in [0.1, 0.15) is 0 Å². The van der Waals surface area contributed by atoms with E-state index in [-0.39, 0.29) is 28.3 Å². The molecular weight excluding hydrogens is 288 g/mol. The molecule has 0 aromatic carbocycles. The van der Waals surface area contributed by atoms with Crippen molar-refractivity contribution in [2.45, 2.75) is 16.8 Å². The molecule has 2 N–H and O–H groups in total. The third-order valence-electron chi connectivity index (χ3n) is 2.50. The van der Waals surface area contributed by atoms with E-state index in [9.17, 15) is 8.42 Å². The number of hydrogen-bond donors (Lipinski definition) is 2. The van der Waals surface area contributed by atoms with Gasteiger partial charge in [-0.05, 0) is 0 Å². The summed E-state index contributed by atoms with van der Waals surface area (Å²) in [4.78, 5) is 1.33. The van der Waals surface area contributed by atoms with Crippen LogP contribution in [0.25, 0.3) is 0 Å². The van der Waals surface area contributed by atoms with E-state index in [0.717, 1.165) is 0 Å². The zero-order valence-electron chi connectivity index (χ0n) is 8.16. The molecule has 0 amide bonds. The molecule has 7 heteroatoms. The highest BCUT2D eigenvalue weighted by molar-refractivity contribution is 8.02. The number of nitrogens with one attached hydrogen (secondary N) is 2. The summed E-state index contributed by atoms with van der Waals surface area (Å²) in [5, 5.41) is 3.64. The monoisotopic (exact) mass is 302 g/mol. The Hall–Kier alpha value is 0.700. The molecule has 2 saturated heterocycles. The fourth-order valence-electron chi connectivity index (χ4n) is 1.82. The zero-order valence-corrected chi connectivity index (χ0v) is 11.4. The molecule has 0 aromatic rings. The van der Waals surface area contributed by atoms with Crippen LogP contribution in [0.4, 0.5) is 0 Å². The van der Waals surface area contributed by atoms with Crippen LogP contribution in [-0.2, 0) is 9.84 Å². The predicted octanol–water partition coefficient (Wildman–Crippen LogP) is -5.08. The van der Waals surface area contributed by atoms with Crippen molar-refractivity contribution in [2.75, 3.05) is 25.6 Å². The van der Waals surface area contributed by atoms with E-state index in [1.807, 2.05) is 0 Å². The summed E-state index contributed by atoms with van der Waals surface area (Å²) in [7, 11) is 1.42. The maximum absolute atomic E-state index is 11.3. The van der Waals surface area contributed by atoms with Gasteiger partial charge in [-0.25, -0.2) is 8.42 Å². The van der Waals surface area contributed by atoms with Crippen molar-refractivity contribution in [3.63, 3.8) is 0 Å². The van der Waals surface area contributed by atoms with Crippen LogP contribution in [0, 0.1) is 0 Å². The SMILES string of the molecule is C[NH+](C)C1N[C@H]2CS(=O)(=O)C[C@H]2S1.[Br-]. The average molecular weight is 303 g/mol. The second kappa shape index (κ2) is 4.29. The minimum absolute atomic E-state index is 0. The molecule has 2 heterocycles. The van der Waals surface area contributed by atoms with Crippen LogP contribution < -0.4 is 27.2 Å². The van der Waals surface area contributed by atoms with Gasteiger partial charge < -0.3 is 21.9 Å². The molecule has 0 spiro atoms. The third-order valence-corrected chi connectivity index (χ3v) is 6.17. The number of halogens is 1.